The van der Waals surface area contributed by atoms with Gasteiger partial charge in [0, 0.05) is 6.04 Å². The van der Waals surface area contributed by atoms with E-state index in [1.165, 1.54) is 0 Å². The first-order valence-electron chi connectivity index (χ1n) is 4.04. The van der Waals surface area contributed by atoms with Crippen LogP contribution in [-0.4, -0.2) is 7.11 Å². The second-order valence-corrected chi connectivity index (χ2v) is 2.74. The van der Waals surface area contributed by atoms with Crippen molar-refractivity contribution in [3.05, 3.63) is 29.8 Å². The summed E-state index contributed by atoms with van der Waals surface area (Å²) < 4.78 is 5.00. The summed E-state index contributed by atoms with van der Waals surface area (Å²) in [5, 5.41) is 8.44. The Morgan fingerprint density at radius 2 is 2.00 bits per heavy atom. The van der Waals surface area contributed by atoms with Gasteiger partial charge in [0.2, 0.25) is 0 Å². The zero-order valence-electron chi connectivity index (χ0n) is 7.93. The maximum Gasteiger partial charge on any atom is 0.118 e. The SMILES string of the molecule is COc1ccc([C@@H](N)CC#N)cc1.Cl. The molecule has 0 aliphatic carbocycles. The van der Waals surface area contributed by atoms with Gasteiger partial charge in [-0.25, -0.2) is 0 Å². The smallest absolute Gasteiger partial charge is 0.118 e. The van der Waals surface area contributed by atoms with Gasteiger partial charge in [-0.3, -0.25) is 0 Å². The number of nitriles is 1. The highest BCUT2D eigenvalue weighted by Gasteiger charge is 2.04. The highest BCUT2D eigenvalue weighted by atomic mass is 35.5. The van der Waals surface area contributed by atoms with Crippen molar-refractivity contribution in [2.75, 3.05) is 7.11 Å². The number of rotatable bonds is 3. The van der Waals surface area contributed by atoms with Gasteiger partial charge in [-0.05, 0) is 17.7 Å². The van der Waals surface area contributed by atoms with Crippen LogP contribution in [0.25, 0.3) is 0 Å². The zero-order valence-corrected chi connectivity index (χ0v) is 8.75. The van der Waals surface area contributed by atoms with Gasteiger partial charge in [-0.1, -0.05) is 12.1 Å². The fourth-order valence-electron chi connectivity index (χ4n) is 1.07. The van der Waals surface area contributed by atoms with Crippen LogP contribution in [0.1, 0.15) is 18.0 Å². The van der Waals surface area contributed by atoms with Crippen molar-refractivity contribution >= 4 is 12.4 Å². The molecule has 0 spiro atoms. The van der Waals surface area contributed by atoms with Gasteiger partial charge in [0.25, 0.3) is 0 Å². The predicted molar refractivity (Wildman–Crippen MR) is 57.4 cm³/mol. The molecule has 3 nitrogen and oxygen atoms in total. The molecule has 1 aromatic rings. The van der Waals surface area contributed by atoms with Crippen LogP contribution in [0.15, 0.2) is 24.3 Å². The van der Waals surface area contributed by atoms with E-state index in [2.05, 4.69) is 0 Å². The van der Waals surface area contributed by atoms with Crippen molar-refractivity contribution < 1.29 is 4.74 Å². The molecule has 0 saturated heterocycles. The van der Waals surface area contributed by atoms with E-state index >= 15 is 0 Å². The van der Waals surface area contributed by atoms with E-state index in [-0.39, 0.29) is 18.4 Å². The van der Waals surface area contributed by atoms with Crippen LogP contribution in [0.5, 0.6) is 5.75 Å². The number of nitrogens with zero attached hydrogens (tertiary/aromatic N) is 1. The molecule has 0 aliphatic rings. The Balaban J connectivity index is 0.00000169. The molecular formula is C10H13ClN2O. The van der Waals surface area contributed by atoms with E-state index < -0.39 is 0 Å². The average molecular weight is 213 g/mol. The molecule has 0 fully saturated rings. The van der Waals surface area contributed by atoms with Crippen molar-refractivity contribution in [3.8, 4) is 11.8 Å². The predicted octanol–water partition coefficient (Wildman–Crippen LogP) is 2.03. The summed E-state index contributed by atoms with van der Waals surface area (Å²) in [4.78, 5) is 0. The molecule has 1 atom stereocenters. The first kappa shape index (κ1) is 12.8. The third-order valence-corrected chi connectivity index (χ3v) is 1.86. The van der Waals surface area contributed by atoms with Gasteiger partial charge >= 0.3 is 0 Å². The fourth-order valence-corrected chi connectivity index (χ4v) is 1.07. The number of ether oxygens (including phenoxy) is 1. The molecular weight excluding hydrogens is 200 g/mol. The highest BCUT2D eigenvalue weighted by Crippen LogP contribution is 2.17. The fraction of sp³-hybridized carbons (Fsp3) is 0.300. The van der Waals surface area contributed by atoms with Crippen molar-refractivity contribution in [2.45, 2.75) is 12.5 Å². The van der Waals surface area contributed by atoms with E-state index in [4.69, 9.17) is 15.7 Å². The molecule has 0 aliphatic heterocycles. The number of hydrogen-bond donors (Lipinski definition) is 1. The Morgan fingerprint density at radius 3 is 2.43 bits per heavy atom. The van der Waals surface area contributed by atoms with Crippen LogP contribution < -0.4 is 10.5 Å². The molecule has 14 heavy (non-hydrogen) atoms. The molecule has 0 amide bonds. The van der Waals surface area contributed by atoms with Crippen LogP contribution >= 0.6 is 12.4 Å². The summed E-state index contributed by atoms with van der Waals surface area (Å²) in [7, 11) is 1.62. The van der Waals surface area contributed by atoms with E-state index in [1.807, 2.05) is 30.3 Å². The summed E-state index contributed by atoms with van der Waals surface area (Å²) in [6.07, 6.45) is 0.340. The first-order valence-corrected chi connectivity index (χ1v) is 4.04. The second-order valence-electron chi connectivity index (χ2n) is 2.74. The summed E-state index contributed by atoms with van der Waals surface area (Å²) in [6.45, 7) is 0. The zero-order chi connectivity index (χ0) is 9.68. The molecule has 0 bridgehead atoms. The lowest BCUT2D eigenvalue weighted by atomic mass is 10.1. The van der Waals surface area contributed by atoms with E-state index in [9.17, 15) is 0 Å². The molecule has 2 N–H and O–H groups in total. The Labute approximate surface area is 89.9 Å². The summed E-state index contributed by atoms with van der Waals surface area (Å²) in [6, 6.07) is 9.27. The largest absolute Gasteiger partial charge is 0.497 e. The summed E-state index contributed by atoms with van der Waals surface area (Å²) in [5.41, 5.74) is 6.69. The molecule has 1 aromatic carbocycles. The van der Waals surface area contributed by atoms with Crippen LogP contribution in [0, 0.1) is 11.3 Å². The Morgan fingerprint density at radius 1 is 1.43 bits per heavy atom. The van der Waals surface area contributed by atoms with Gasteiger partial charge in [-0.15, -0.1) is 12.4 Å². The third-order valence-electron chi connectivity index (χ3n) is 1.86. The van der Waals surface area contributed by atoms with Crippen LogP contribution in [0.3, 0.4) is 0 Å². The molecule has 0 radical (unpaired) electrons. The number of halogens is 1. The Bertz CT molecular complexity index is 305. The maximum absolute atomic E-state index is 8.44. The lowest BCUT2D eigenvalue weighted by molar-refractivity contribution is 0.414. The Hall–Kier alpha value is -1.24. The van der Waals surface area contributed by atoms with Crippen LogP contribution in [0.2, 0.25) is 0 Å². The maximum atomic E-state index is 8.44. The van der Waals surface area contributed by atoms with Crippen molar-refractivity contribution in [1.82, 2.24) is 0 Å². The lowest BCUT2D eigenvalue weighted by Gasteiger charge is -2.07. The quantitative estimate of drug-likeness (QED) is 0.834. The minimum absolute atomic E-state index is 0. The van der Waals surface area contributed by atoms with Gasteiger partial charge in [0.05, 0.1) is 19.6 Å². The molecule has 0 heterocycles. The molecule has 76 valence electrons. The molecule has 0 unspecified atom stereocenters. The minimum Gasteiger partial charge on any atom is -0.497 e. The number of benzene rings is 1. The van der Waals surface area contributed by atoms with E-state index in [0.717, 1.165) is 11.3 Å². The Kier molecular flexibility index (Phi) is 5.70. The second kappa shape index (κ2) is 6.25. The van der Waals surface area contributed by atoms with Crippen molar-refractivity contribution in [2.24, 2.45) is 5.73 Å². The molecule has 0 saturated carbocycles. The summed E-state index contributed by atoms with van der Waals surface area (Å²) in [5.74, 6) is 0.799. The topological polar surface area (TPSA) is 59.0 Å². The molecule has 1 rings (SSSR count). The standard InChI is InChI=1S/C10H12N2O.ClH/c1-13-9-4-2-8(3-5-9)10(12)6-7-11;/h2-5,10H,6,12H2,1H3;1H/t10-;/m0./s1. The number of hydrogen-bond acceptors (Lipinski definition) is 3. The van der Waals surface area contributed by atoms with Crippen LogP contribution in [0.4, 0.5) is 0 Å². The molecule has 4 heteroatoms. The monoisotopic (exact) mass is 212 g/mol. The number of nitrogens with two attached hydrogens (primary N) is 1. The normalized spacial score (nSPS) is 10.9. The summed E-state index contributed by atoms with van der Waals surface area (Å²) >= 11 is 0. The van der Waals surface area contributed by atoms with Gasteiger partial charge in [0.1, 0.15) is 5.75 Å². The molecule has 0 aromatic heterocycles. The van der Waals surface area contributed by atoms with Gasteiger partial charge < -0.3 is 10.5 Å². The minimum atomic E-state index is -0.198. The highest BCUT2D eigenvalue weighted by molar-refractivity contribution is 5.85. The lowest BCUT2D eigenvalue weighted by Crippen LogP contribution is -2.08. The first-order chi connectivity index (χ1) is 6.27. The van der Waals surface area contributed by atoms with E-state index in [0.29, 0.717) is 6.42 Å². The van der Waals surface area contributed by atoms with E-state index in [1.54, 1.807) is 7.11 Å². The average Bonchev–Trinajstić information content (AvgIpc) is 2.18. The number of methoxy groups -OCH3 is 1. The van der Waals surface area contributed by atoms with Gasteiger partial charge in [0.15, 0.2) is 0 Å². The van der Waals surface area contributed by atoms with Crippen molar-refractivity contribution in [3.63, 3.8) is 0 Å². The third kappa shape index (κ3) is 3.25. The van der Waals surface area contributed by atoms with Crippen LogP contribution in [-0.2, 0) is 0 Å². The van der Waals surface area contributed by atoms with Crippen molar-refractivity contribution in [1.29, 1.82) is 5.26 Å². The van der Waals surface area contributed by atoms with Gasteiger partial charge in [-0.2, -0.15) is 5.26 Å².